The number of benzene rings is 1. The molecule has 0 radical (unpaired) electrons. The van der Waals surface area contributed by atoms with Gasteiger partial charge in [-0.3, -0.25) is 0 Å². The smallest absolute Gasteiger partial charge is 0.307 e. The van der Waals surface area contributed by atoms with Crippen LogP contribution in [-0.2, 0) is 12.8 Å². The van der Waals surface area contributed by atoms with Crippen molar-refractivity contribution < 1.29 is 0 Å². The van der Waals surface area contributed by atoms with Gasteiger partial charge in [-0.2, -0.15) is 0 Å². The SMILES string of the molecule is CCCc1ccc(C[CH2][Mg][Br])cc1. The van der Waals surface area contributed by atoms with Crippen LogP contribution in [0.3, 0.4) is 0 Å². The number of hydrogen-bond acceptors (Lipinski definition) is 0. The predicted molar refractivity (Wildman–Crippen MR) is 63.6 cm³/mol. The Morgan fingerprint density at radius 1 is 1.08 bits per heavy atom. The minimum absolute atomic E-state index is 0.0634. The Hall–Kier alpha value is 0.466. The summed E-state index contributed by atoms with van der Waals surface area (Å²) in [7, 11) is 0. The van der Waals surface area contributed by atoms with E-state index in [1.165, 1.54) is 34.9 Å². The number of halogens is 1. The third-order valence-electron chi connectivity index (χ3n) is 2.16. The first kappa shape index (κ1) is 11.5. The molecule has 0 atom stereocenters. The van der Waals surface area contributed by atoms with Crippen molar-refractivity contribution in [3.05, 3.63) is 35.4 Å². The fraction of sp³-hybridized carbons (Fsp3) is 0.455. The molecule has 1 aromatic rings. The van der Waals surface area contributed by atoms with Crippen molar-refractivity contribution in [3.63, 3.8) is 0 Å². The Balaban J connectivity index is 2.48. The van der Waals surface area contributed by atoms with E-state index in [9.17, 15) is 0 Å². The Morgan fingerprint density at radius 3 is 2.08 bits per heavy atom. The van der Waals surface area contributed by atoms with E-state index in [0.717, 1.165) is 0 Å². The van der Waals surface area contributed by atoms with Gasteiger partial charge in [0.05, 0.1) is 0 Å². The molecule has 1 aromatic carbocycles. The summed E-state index contributed by atoms with van der Waals surface area (Å²) in [5.41, 5.74) is 2.97. The first-order valence-corrected chi connectivity index (χ1v) is 9.90. The van der Waals surface area contributed by atoms with Crippen molar-refractivity contribution in [2.75, 3.05) is 0 Å². The Bertz CT molecular complexity index is 230. The summed E-state index contributed by atoms with van der Waals surface area (Å²) >= 11 is 3.65. The van der Waals surface area contributed by atoms with Gasteiger partial charge >= 0.3 is 18.2 Å². The van der Waals surface area contributed by atoms with Crippen molar-refractivity contribution >= 4 is 31.1 Å². The third kappa shape index (κ3) is 4.48. The number of hydrogen-bond donors (Lipinski definition) is 0. The highest BCUT2D eigenvalue weighted by Crippen LogP contribution is 2.08. The van der Waals surface area contributed by atoms with E-state index in [0.29, 0.717) is 0 Å². The van der Waals surface area contributed by atoms with Gasteiger partial charge in [0.25, 0.3) is 0 Å². The van der Waals surface area contributed by atoms with Gasteiger partial charge in [-0.1, -0.05) is 43.2 Å². The first-order chi connectivity index (χ1) is 6.36. The van der Waals surface area contributed by atoms with Crippen LogP contribution in [0.25, 0.3) is 0 Å². The molecular formula is C11H15BrMg. The average Bonchev–Trinajstić information content (AvgIpc) is 2.17. The van der Waals surface area contributed by atoms with Crippen LogP contribution < -0.4 is 0 Å². The molecule has 0 amide bonds. The highest BCUT2D eigenvalue weighted by atomic mass is 79.9. The van der Waals surface area contributed by atoms with Crippen LogP contribution in [0, 0.1) is 0 Å². The van der Waals surface area contributed by atoms with Gasteiger partial charge in [0.1, 0.15) is 0 Å². The highest BCUT2D eigenvalue weighted by molar-refractivity contribution is 9.23. The van der Waals surface area contributed by atoms with Crippen molar-refractivity contribution in [3.8, 4) is 0 Å². The molecule has 13 heavy (non-hydrogen) atoms. The van der Waals surface area contributed by atoms with Gasteiger partial charge in [-0.15, -0.1) is 4.55 Å². The quantitative estimate of drug-likeness (QED) is 0.701. The van der Waals surface area contributed by atoms with Crippen LogP contribution in [0.1, 0.15) is 24.5 Å². The Morgan fingerprint density at radius 2 is 1.62 bits per heavy atom. The van der Waals surface area contributed by atoms with Crippen molar-refractivity contribution in [2.24, 2.45) is 0 Å². The maximum absolute atomic E-state index is 3.59. The lowest BCUT2D eigenvalue weighted by molar-refractivity contribution is 0.920. The van der Waals surface area contributed by atoms with E-state index in [1.807, 2.05) is 0 Å². The average molecular weight is 251 g/mol. The van der Waals surface area contributed by atoms with Crippen LogP contribution in [0.4, 0.5) is 0 Å². The molecule has 68 valence electrons. The first-order valence-electron chi connectivity index (χ1n) is 5.00. The molecule has 0 aliphatic heterocycles. The van der Waals surface area contributed by atoms with Gasteiger partial charge in [0.15, 0.2) is 0 Å². The van der Waals surface area contributed by atoms with Gasteiger partial charge < -0.3 is 12.9 Å². The molecule has 0 nitrogen and oxygen atoms in total. The fourth-order valence-corrected chi connectivity index (χ4v) is 2.82. The summed E-state index contributed by atoms with van der Waals surface area (Å²) < 4.78 is 1.37. The predicted octanol–water partition coefficient (Wildman–Crippen LogP) is 3.61. The summed E-state index contributed by atoms with van der Waals surface area (Å²) in [6.45, 7) is 2.23. The molecule has 1 rings (SSSR count). The minimum atomic E-state index is 0.0634. The van der Waals surface area contributed by atoms with E-state index in [4.69, 9.17) is 0 Å². The second-order valence-corrected chi connectivity index (χ2v) is 6.82. The molecule has 0 aromatic heterocycles. The molecular weight excluding hydrogens is 236 g/mol. The lowest BCUT2D eigenvalue weighted by Gasteiger charge is -2.01. The van der Waals surface area contributed by atoms with Crippen LogP contribution in [0.5, 0.6) is 0 Å². The van der Waals surface area contributed by atoms with Gasteiger partial charge in [-0.05, 0) is 18.4 Å². The summed E-state index contributed by atoms with van der Waals surface area (Å²) in [5.74, 6) is 0. The van der Waals surface area contributed by atoms with Crippen LogP contribution in [0.2, 0.25) is 4.55 Å². The molecule has 0 fully saturated rings. The van der Waals surface area contributed by atoms with Crippen LogP contribution in [0.15, 0.2) is 24.3 Å². The lowest BCUT2D eigenvalue weighted by atomic mass is 10.1. The topological polar surface area (TPSA) is 0 Å². The summed E-state index contributed by atoms with van der Waals surface area (Å²) in [6.07, 6.45) is 3.71. The molecule has 0 aliphatic carbocycles. The maximum Gasteiger partial charge on any atom is 0.468 e. The van der Waals surface area contributed by atoms with E-state index in [1.54, 1.807) is 0 Å². The van der Waals surface area contributed by atoms with Gasteiger partial charge in [0.2, 0.25) is 0 Å². The molecule has 0 saturated carbocycles. The van der Waals surface area contributed by atoms with Crippen LogP contribution in [-0.4, -0.2) is 18.2 Å². The van der Waals surface area contributed by atoms with Gasteiger partial charge in [0, 0.05) is 0 Å². The molecule has 2 heteroatoms. The Kier molecular flexibility index (Phi) is 6.08. The van der Waals surface area contributed by atoms with E-state index in [-0.39, 0.29) is 18.2 Å². The zero-order valence-corrected chi connectivity index (χ0v) is 11.2. The zero-order chi connectivity index (χ0) is 9.52. The fourth-order valence-electron chi connectivity index (χ4n) is 1.43. The third-order valence-corrected chi connectivity index (χ3v) is 4.46. The molecule has 0 heterocycles. The molecule has 0 aliphatic rings. The van der Waals surface area contributed by atoms with Crippen molar-refractivity contribution in [2.45, 2.75) is 30.7 Å². The zero-order valence-electron chi connectivity index (χ0n) is 8.22. The number of rotatable bonds is 5. The summed E-state index contributed by atoms with van der Waals surface area (Å²) in [4.78, 5) is 0. The maximum atomic E-state index is 3.59. The largest absolute Gasteiger partial charge is 0.468 e. The molecule has 0 N–H and O–H groups in total. The molecule has 0 bridgehead atoms. The highest BCUT2D eigenvalue weighted by Gasteiger charge is 1.95. The van der Waals surface area contributed by atoms with Crippen molar-refractivity contribution in [1.29, 1.82) is 0 Å². The standard InChI is InChI=1S/C11H15.BrH.Mg/c1-3-5-11-8-6-10(4-2)7-9-11;;/h6-9H,2-5H2,1H3;1H;/q;;+1/p-1. The molecule has 0 saturated heterocycles. The monoisotopic (exact) mass is 250 g/mol. The van der Waals surface area contributed by atoms with E-state index < -0.39 is 0 Å². The van der Waals surface area contributed by atoms with Crippen LogP contribution >= 0.6 is 12.9 Å². The second kappa shape index (κ2) is 6.85. The molecule has 0 spiro atoms. The van der Waals surface area contributed by atoms with Crippen molar-refractivity contribution in [1.82, 2.24) is 0 Å². The lowest BCUT2D eigenvalue weighted by Crippen LogP contribution is -1.88. The molecule has 0 unspecified atom stereocenters. The number of aryl methyl sites for hydroxylation is 2. The summed E-state index contributed by atoms with van der Waals surface area (Å²) in [5, 5.41) is 0. The minimum Gasteiger partial charge on any atom is -0.307 e. The second-order valence-electron chi connectivity index (χ2n) is 3.36. The van der Waals surface area contributed by atoms with E-state index >= 15 is 0 Å². The van der Waals surface area contributed by atoms with E-state index in [2.05, 4.69) is 44.1 Å². The summed E-state index contributed by atoms with van der Waals surface area (Å²) in [6, 6.07) is 9.10. The van der Waals surface area contributed by atoms with Gasteiger partial charge in [-0.25, -0.2) is 0 Å². The Labute approximate surface area is 96.7 Å². The normalized spacial score (nSPS) is 9.69.